The summed E-state index contributed by atoms with van der Waals surface area (Å²) in [6, 6.07) is 3.08. The maximum atomic E-state index is 12.1. The number of pyridine rings is 1. The topological polar surface area (TPSA) is 45.2 Å². The van der Waals surface area contributed by atoms with E-state index in [9.17, 15) is 18.0 Å². The molecule has 0 aliphatic rings. The van der Waals surface area contributed by atoms with E-state index in [2.05, 4.69) is 10.3 Å². The summed E-state index contributed by atoms with van der Waals surface area (Å²) in [7, 11) is 1.28. The molecule has 1 aromatic rings. The Morgan fingerprint density at radius 1 is 1.45 bits per heavy atom. The van der Waals surface area contributed by atoms with Gasteiger partial charge in [0, 0.05) is 20.1 Å². The van der Waals surface area contributed by atoms with Gasteiger partial charge in [-0.15, -0.1) is 0 Å². The molecule has 4 nitrogen and oxygen atoms in total. The predicted octanol–water partition coefficient (Wildman–Crippen LogP) is 3.19. The van der Waals surface area contributed by atoms with Gasteiger partial charge in [0.2, 0.25) is 0 Å². The van der Waals surface area contributed by atoms with Gasteiger partial charge in [-0.05, 0) is 19.1 Å². The van der Waals surface area contributed by atoms with E-state index in [1.807, 2.05) is 6.92 Å². The smallest absolute Gasteiger partial charge is 0.370 e. The number of hydrogen-bond acceptors (Lipinski definition) is 3. The maximum absolute atomic E-state index is 12.1. The third kappa shape index (κ3) is 4.88. The Morgan fingerprint density at radius 2 is 2.10 bits per heavy atom. The molecule has 20 heavy (non-hydrogen) atoms. The Hall–Kier alpha value is -1.50. The van der Waals surface area contributed by atoms with Crippen LogP contribution in [0.1, 0.15) is 23.8 Å². The molecule has 0 radical (unpaired) electrons. The summed E-state index contributed by atoms with van der Waals surface area (Å²) < 4.78 is 36.4. The Kier molecular flexibility index (Phi) is 5.62. The van der Waals surface area contributed by atoms with Crippen LogP contribution in [0.3, 0.4) is 0 Å². The molecular weight excluding hydrogens is 295 g/mol. The molecule has 8 heteroatoms. The summed E-state index contributed by atoms with van der Waals surface area (Å²) in [6.07, 6.45) is -5.38. The second-order valence-electron chi connectivity index (χ2n) is 4.15. The second-order valence-corrected chi connectivity index (χ2v) is 4.56. The van der Waals surface area contributed by atoms with Gasteiger partial charge < -0.3 is 10.2 Å². The highest BCUT2D eigenvalue weighted by molar-refractivity contribution is 6.33. The van der Waals surface area contributed by atoms with E-state index in [1.54, 1.807) is 6.07 Å². The number of nitrogens with zero attached hydrogens (tertiary/aromatic N) is 2. The highest BCUT2D eigenvalue weighted by atomic mass is 35.5. The summed E-state index contributed by atoms with van der Waals surface area (Å²) in [4.78, 5) is 17.0. The minimum atomic E-state index is -4.31. The molecule has 112 valence electrons. The van der Waals surface area contributed by atoms with Crippen LogP contribution in [0.4, 0.5) is 19.0 Å². The van der Waals surface area contributed by atoms with Gasteiger partial charge in [-0.3, -0.25) is 4.79 Å². The standard InChI is InChI=1S/C12H15ClF3N3O/c1-3-17-9-5-4-8(13)10(18-9)11(20)19(2)7-6-12(14,15)16/h4-5H,3,6-7H2,1-2H3,(H,17,18). The van der Waals surface area contributed by atoms with Crippen LogP contribution in [0.15, 0.2) is 12.1 Å². The fraction of sp³-hybridized carbons (Fsp3) is 0.500. The number of carbonyl (C=O) groups is 1. The first-order valence-electron chi connectivity index (χ1n) is 5.97. The largest absolute Gasteiger partial charge is 0.390 e. The molecule has 0 aromatic carbocycles. The highest BCUT2D eigenvalue weighted by Gasteiger charge is 2.28. The van der Waals surface area contributed by atoms with Crippen LogP contribution < -0.4 is 5.32 Å². The monoisotopic (exact) mass is 309 g/mol. The van der Waals surface area contributed by atoms with Crippen molar-refractivity contribution in [3.05, 3.63) is 22.8 Å². The number of anilines is 1. The second kappa shape index (κ2) is 6.78. The van der Waals surface area contributed by atoms with Crippen molar-refractivity contribution in [1.29, 1.82) is 0 Å². The zero-order chi connectivity index (χ0) is 15.3. The van der Waals surface area contributed by atoms with Crippen molar-refractivity contribution in [2.24, 2.45) is 0 Å². The fourth-order valence-corrected chi connectivity index (χ4v) is 1.63. The first kappa shape index (κ1) is 16.6. The van der Waals surface area contributed by atoms with Crippen molar-refractivity contribution >= 4 is 23.3 Å². The van der Waals surface area contributed by atoms with Crippen molar-refractivity contribution in [3.8, 4) is 0 Å². The minimum Gasteiger partial charge on any atom is -0.370 e. The molecule has 0 spiro atoms. The highest BCUT2D eigenvalue weighted by Crippen LogP contribution is 2.21. The van der Waals surface area contributed by atoms with Crippen LogP contribution in [-0.2, 0) is 0 Å². The minimum absolute atomic E-state index is 0.0604. The first-order chi connectivity index (χ1) is 9.24. The van der Waals surface area contributed by atoms with Crippen molar-refractivity contribution in [1.82, 2.24) is 9.88 Å². The van der Waals surface area contributed by atoms with Gasteiger partial charge in [-0.1, -0.05) is 11.6 Å². The average molecular weight is 310 g/mol. The van der Waals surface area contributed by atoms with Gasteiger partial charge in [0.25, 0.3) is 5.91 Å². The lowest BCUT2D eigenvalue weighted by molar-refractivity contribution is -0.136. The van der Waals surface area contributed by atoms with Crippen LogP contribution >= 0.6 is 11.6 Å². The van der Waals surface area contributed by atoms with Crippen LogP contribution in [0, 0.1) is 0 Å². The van der Waals surface area contributed by atoms with E-state index in [0.717, 1.165) is 4.90 Å². The summed E-state index contributed by atoms with van der Waals surface area (Å²) in [6.45, 7) is 2.02. The molecule has 1 aromatic heterocycles. The quantitative estimate of drug-likeness (QED) is 0.908. The molecule has 0 fully saturated rings. The number of alkyl halides is 3. The van der Waals surface area contributed by atoms with Gasteiger partial charge in [0.05, 0.1) is 11.4 Å². The number of nitrogens with one attached hydrogen (secondary N) is 1. The first-order valence-corrected chi connectivity index (χ1v) is 6.35. The van der Waals surface area contributed by atoms with E-state index >= 15 is 0 Å². The maximum Gasteiger partial charge on any atom is 0.390 e. The van der Waals surface area contributed by atoms with Crippen LogP contribution in [-0.4, -0.2) is 42.1 Å². The molecule has 0 aliphatic carbocycles. The van der Waals surface area contributed by atoms with Gasteiger partial charge >= 0.3 is 6.18 Å². The molecule has 0 atom stereocenters. The SMILES string of the molecule is CCNc1ccc(Cl)c(C(=O)N(C)CCC(F)(F)F)n1. The Morgan fingerprint density at radius 3 is 2.65 bits per heavy atom. The number of rotatable bonds is 5. The van der Waals surface area contributed by atoms with Gasteiger partial charge in [0.1, 0.15) is 11.5 Å². The molecule has 1 N–H and O–H groups in total. The van der Waals surface area contributed by atoms with Crippen molar-refractivity contribution in [3.63, 3.8) is 0 Å². The van der Waals surface area contributed by atoms with Crippen molar-refractivity contribution in [2.45, 2.75) is 19.5 Å². The van der Waals surface area contributed by atoms with E-state index in [-0.39, 0.29) is 10.7 Å². The molecular formula is C12H15ClF3N3O. The zero-order valence-corrected chi connectivity index (χ0v) is 11.8. The number of amides is 1. The molecule has 0 unspecified atom stereocenters. The number of aromatic nitrogens is 1. The van der Waals surface area contributed by atoms with Crippen LogP contribution in [0.2, 0.25) is 5.02 Å². The average Bonchev–Trinajstić information content (AvgIpc) is 2.37. The van der Waals surface area contributed by atoms with Gasteiger partial charge in [-0.2, -0.15) is 13.2 Å². The lowest BCUT2D eigenvalue weighted by Gasteiger charge is -2.18. The van der Waals surface area contributed by atoms with E-state index in [4.69, 9.17) is 11.6 Å². The van der Waals surface area contributed by atoms with E-state index in [0.29, 0.717) is 12.4 Å². The molecule has 1 amide bonds. The molecule has 0 bridgehead atoms. The lowest BCUT2D eigenvalue weighted by Crippen LogP contribution is -2.31. The van der Waals surface area contributed by atoms with Crippen LogP contribution in [0.5, 0.6) is 0 Å². The van der Waals surface area contributed by atoms with Crippen molar-refractivity contribution in [2.75, 3.05) is 25.5 Å². The molecule has 1 rings (SSSR count). The fourth-order valence-electron chi connectivity index (χ4n) is 1.45. The number of halogens is 4. The Bertz CT molecular complexity index is 480. The number of carbonyl (C=O) groups excluding carboxylic acids is 1. The van der Waals surface area contributed by atoms with Gasteiger partial charge in [0.15, 0.2) is 0 Å². The molecule has 0 aliphatic heterocycles. The Labute approximate surface area is 119 Å². The molecule has 1 heterocycles. The van der Waals surface area contributed by atoms with Crippen molar-refractivity contribution < 1.29 is 18.0 Å². The third-order valence-corrected chi connectivity index (χ3v) is 2.79. The number of hydrogen-bond donors (Lipinski definition) is 1. The zero-order valence-electron chi connectivity index (χ0n) is 11.1. The molecule has 0 saturated carbocycles. The summed E-state index contributed by atoms with van der Waals surface area (Å²) in [5, 5.41) is 3.01. The lowest BCUT2D eigenvalue weighted by atomic mass is 10.3. The van der Waals surface area contributed by atoms with E-state index < -0.39 is 25.0 Å². The summed E-state index contributed by atoms with van der Waals surface area (Å²) in [5.41, 5.74) is -0.0604. The van der Waals surface area contributed by atoms with Gasteiger partial charge in [-0.25, -0.2) is 4.98 Å². The normalized spacial score (nSPS) is 11.3. The van der Waals surface area contributed by atoms with E-state index in [1.165, 1.54) is 13.1 Å². The summed E-state index contributed by atoms with van der Waals surface area (Å²) >= 11 is 5.87. The molecule has 0 saturated heterocycles. The van der Waals surface area contributed by atoms with Crippen LogP contribution in [0.25, 0.3) is 0 Å². The predicted molar refractivity (Wildman–Crippen MR) is 71.0 cm³/mol. The Balaban J connectivity index is 2.82. The third-order valence-electron chi connectivity index (χ3n) is 2.48. The summed E-state index contributed by atoms with van der Waals surface area (Å²) in [5.74, 6) is -0.191.